The van der Waals surface area contributed by atoms with Crippen molar-refractivity contribution >= 4 is 0 Å². The Hall–Kier alpha value is -1.12. The van der Waals surface area contributed by atoms with Gasteiger partial charge in [-0.3, -0.25) is 0 Å². The third-order valence-corrected chi connectivity index (χ3v) is 3.91. The summed E-state index contributed by atoms with van der Waals surface area (Å²) < 4.78 is 5.32. The summed E-state index contributed by atoms with van der Waals surface area (Å²) in [6.07, 6.45) is 6.06. The third-order valence-electron chi connectivity index (χ3n) is 3.91. The van der Waals surface area contributed by atoms with Crippen LogP contribution in [0.25, 0.3) is 0 Å². The van der Waals surface area contributed by atoms with Crippen LogP contribution in [0.3, 0.4) is 0 Å². The van der Waals surface area contributed by atoms with Gasteiger partial charge in [-0.15, -0.1) is 0 Å². The van der Waals surface area contributed by atoms with Crippen LogP contribution in [0, 0.1) is 0 Å². The smallest absolute Gasteiger partial charge is 0.0753 e. The van der Waals surface area contributed by atoms with Crippen molar-refractivity contribution in [2.24, 2.45) is 0 Å². The Morgan fingerprint density at radius 3 is 2.74 bits per heavy atom. The van der Waals surface area contributed by atoms with Crippen molar-refractivity contribution in [1.82, 2.24) is 0 Å². The number of aryl methyl sites for hydroxylation is 1. The molecule has 1 saturated carbocycles. The second kappa shape index (κ2) is 7.46. The quantitative estimate of drug-likeness (QED) is 0.821. The van der Waals surface area contributed by atoms with Crippen molar-refractivity contribution in [1.29, 1.82) is 0 Å². The van der Waals surface area contributed by atoms with E-state index in [-0.39, 0.29) is 6.10 Å². The molecule has 0 saturated heterocycles. The third kappa shape index (κ3) is 4.19. The van der Waals surface area contributed by atoms with Crippen LogP contribution in [0.2, 0.25) is 0 Å². The zero-order valence-electron chi connectivity index (χ0n) is 11.8. The van der Waals surface area contributed by atoms with Crippen LogP contribution >= 0.6 is 0 Å². The van der Waals surface area contributed by atoms with Crippen molar-refractivity contribution in [2.45, 2.75) is 44.6 Å². The number of hydrogen-bond donors (Lipinski definition) is 1. The maximum absolute atomic E-state index is 10.1. The van der Waals surface area contributed by atoms with Gasteiger partial charge in [0, 0.05) is 7.11 Å². The molecule has 0 radical (unpaired) electrons. The molecular weight excluding hydrogens is 236 g/mol. The lowest BCUT2D eigenvalue weighted by molar-refractivity contribution is 0.170. The molecule has 1 aromatic rings. The SMILES string of the molecule is COC/C(CCc1ccccc1)=C1/CCCCC1O. The minimum absolute atomic E-state index is 0.241. The molecule has 104 valence electrons. The van der Waals surface area contributed by atoms with Gasteiger partial charge in [-0.25, -0.2) is 0 Å². The number of benzene rings is 1. The Balaban J connectivity index is 2.05. The van der Waals surface area contributed by atoms with Crippen LogP contribution in [0.1, 0.15) is 37.7 Å². The average Bonchev–Trinajstić information content (AvgIpc) is 2.45. The van der Waals surface area contributed by atoms with E-state index in [0.717, 1.165) is 32.1 Å². The molecule has 0 amide bonds. The average molecular weight is 260 g/mol. The van der Waals surface area contributed by atoms with E-state index in [1.54, 1.807) is 7.11 Å². The van der Waals surface area contributed by atoms with E-state index in [0.29, 0.717) is 6.61 Å². The molecule has 1 N–H and O–H groups in total. The molecule has 1 atom stereocenters. The Morgan fingerprint density at radius 2 is 2.05 bits per heavy atom. The molecule has 0 heterocycles. The van der Waals surface area contributed by atoms with Gasteiger partial charge in [0.05, 0.1) is 12.7 Å². The fourth-order valence-corrected chi connectivity index (χ4v) is 2.85. The molecule has 0 aliphatic heterocycles. The maximum atomic E-state index is 10.1. The zero-order valence-corrected chi connectivity index (χ0v) is 11.8. The van der Waals surface area contributed by atoms with E-state index in [1.807, 2.05) is 6.07 Å². The highest BCUT2D eigenvalue weighted by Crippen LogP contribution is 2.28. The fraction of sp³-hybridized carbons (Fsp3) is 0.529. The van der Waals surface area contributed by atoms with E-state index < -0.39 is 0 Å². The largest absolute Gasteiger partial charge is 0.389 e. The van der Waals surface area contributed by atoms with Gasteiger partial charge < -0.3 is 9.84 Å². The first-order valence-corrected chi connectivity index (χ1v) is 7.23. The molecular formula is C17H24O2. The van der Waals surface area contributed by atoms with E-state index in [2.05, 4.69) is 24.3 Å². The van der Waals surface area contributed by atoms with Crippen LogP contribution in [0.5, 0.6) is 0 Å². The second-order valence-electron chi connectivity index (χ2n) is 5.31. The highest BCUT2D eigenvalue weighted by Gasteiger charge is 2.19. The molecule has 2 rings (SSSR count). The van der Waals surface area contributed by atoms with Gasteiger partial charge in [0.25, 0.3) is 0 Å². The van der Waals surface area contributed by atoms with Crippen molar-refractivity contribution in [2.75, 3.05) is 13.7 Å². The van der Waals surface area contributed by atoms with Gasteiger partial charge in [-0.2, -0.15) is 0 Å². The molecule has 0 spiro atoms. The monoisotopic (exact) mass is 260 g/mol. The molecule has 0 bridgehead atoms. The number of rotatable bonds is 5. The van der Waals surface area contributed by atoms with Crippen molar-refractivity contribution in [3.8, 4) is 0 Å². The van der Waals surface area contributed by atoms with Gasteiger partial charge in [0.15, 0.2) is 0 Å². The topological polar surface area (TPSA) is 29.5 Å². The standard InChI is InChI=1S/C17H24O2/c1-19-13-15(16-9-5-6-10-17(16)18)12-11-14-7-3-2-4-8-14/h2-4,7-8,17-18H,5-6,9-13H2,1H3/b16-15-. The molecule has 1 aromatic carbocycles. The number of hydrogen-bond acceptors (Lipinski definition) is 2. The molecule has 2 nitrogen and oxygen atoms in total. The van der Waals surface area contributed by atoms with Gasteiger partial charge >= 0.3 is 0 Å². The minimum Gasteiger partial charge on any atom is -0.389 e. The van der Waals surface area contributed by atoms with Crippen LogP contribution in [-0.4, -0.2) is 24.9 Å². The highest BCUT2D eigenvalue weighted by molar-refractivity contribution is 5.23. The summed E-state index contributed by atoms with van der Waals surface area (Å²) >= 11 is 0. The summed E-state index contributed by atoms with van der Waals surface area (Å²) in [4.78, 5) is 0. The zero-order chi connectivity index (χ0) is 13.5. The number of aliphatic hydroxyl groups is 1. The number of methoxy groups -OCH3 is 1. The van der Waals surface area contributed by atoms with E-state index in [9.17, 15) is 5.11 Å². The normalized spacial score (nSPS) is 22.3. The van der Waals surface area contributed by atoms with Crippen molar-refractivity contribution < 1.29 is 9.84 Å². The lowest BCUT2D eigenvalue weighted by Gasteiger charge is -2.24. The summed E-state index contributed by atoms with van der Waals surface area (Å²) in [6, 6.07) is 10.5. The molecule has 0 aromatic heterocycles. The Kier molecular flexibility index (Phi) is 5.62. The Bertz CT molecular complexity index is 409. The Labute approximate surface area is 116 Å². The van der Waals surface area contributed by atoms with Crippen LogP contribution < -0.4 is 0 Å². The molecule has 1 aliphatic carbocycles. The summed E-state index contributed by atoms with van der Waals surface area (Å²) in [5.74, 6) is 0. The predicted octanol–water partition coefficient (Wildman–Crippen LogP) is 3.50. The van der Waals surface area contributed by atoms with Gasteiger partial charge in [0.2, 0.25) is 0 Å². The van der Waals surface area contributed by atoms with E-state index in [1.165, 1.54) is 23.1 Å². The fourth-order valence-electron chi connectivity index (χ4n) is 2.85. The number of ether oxygens (including phenoxy) is 1. The van der Waals surface area contributed by atoms with Gasteiger partial charge in [-0.1, -0.05) is 36.8 Å². The van der Waals surface area contributed by atoms with Crippen LogP contribution in [0.4, 0.5) is 0 Å². The first kappa shape index (κ1) is 14.3. The second-order valence-corrected chi connectivity index (χ2v) is 5.31. The molecule has 2 heteroatoms. The Morgan fingerprint density at radius 1 is 1.26 bits per heavy atom. The molecule has 1 aliphatic rings. The van der Waals surface area contributed by atoms with Gasteiger partial charge in [0.1, 0.15) is 0 Å². The van der Waals surface area contributed by atoms with Crippen LogP contribution in [-0.2, 0) is 11.2 Å². The summed E-state index contributed by atoms with van der Waals surface area (Å²) in [6.45, 7) is 0.652. The van der Waals surface area contributed by atoms with E-state index in [4.69, 9.17) is 4.74 Å². The van der Waals surface area contributed by atoms with E-state index >= 15 is 0 Å². The van der Waals surface area contributed by atoms with Crippen LogP contribution in [0.15, 0.2) is 41.5 Å². The summed E-state index contributed by atoms with van der Waals surface area (Å²) in [5, 5.41) is 10.1. The minimum atomic E-state index is -0.241. The summed E-state index contributed by atoms with van der Waals surface area (Å²) in [5.41, 5.74) is 3.89. The molecule has 19 heavy (non-hydrogen) atoms. The van der Waals surface area contributed by atoms with Gasteiger partial charge in [-0.05, 0) is 48.8 Å². The molecule has 1 unspecified atom stereocenters. The summed E-state index contributed by atoms with van der Waals surface area (Å²) in [7, 11) is 1.73. The lowest BCUT2D eigenvalue weighted by Crippen LogP contribution is -2.19. The first-order valence-electron chi connectivity index (χ1n) is 7.23. The molecule has 1 fully saturated rings. The highest BCUT2D eigenvalue weighted by atomic mass is 16.5. The van der Waals surface area contributed by atoms with Crippen molar-refractivity contribution in [3.05, 3.63) is 47.0 Å². The van der Waals surface area contributed by atoms with Crippen molar-refractivity contribution in [3.63, 3.8) is 0 Å². The first-order chi connectivity index (χ1) is 9.31. The number of aliphatic hydroxyl groups excluding tert-OH is 1. The lowest BCUT2D eigenvalue weighted by atomic mass is 9.87. The predicted molar refractivity (Wildman–Crippen MR) is 78.1 cm³/mol. The maximum Gasteiger partial charge on any atom is 0.0753 e.